The number of aryl methyl sites for hydroxylation is 2. The SMILES string of the molecule is Cc1nc(CCCO)c(C)c(C)c1O. The van der Waals surface area contributed by atoms with Gasteiger partial charge in [-0.05, 0) is 44.7 Å². The van der Waals surface area contributed by atoms with E-state index < -0.39 is 0 Å². The quantitative estimate of drug-likeness (QED) is 0.770. The topological polar surface area (TPSA) is 53.4 Å². The Bertz CT molecular complexity index is 335. The number of nitrogens with zero attached hydrogens (tertiary/aromatic N) is 1. The van der Waals surface area contributed by atoms with Crippen molar-refractivity contribution in [3.05, 3.63) is 22.5 Å². The fraction of sp³-hybridized carbons (Fsp3) is 0.545. The Morgan fingerprint density at radius 2 is 1.79 bits per heavy atom. The van der Waals surface area contributed by atoms with E-state index in [4.69, 9.17) is 5.11 Å². The van der Waals surface area contributed by atoms with Crippen LogP contribution in [0.15, 0.2) is 0 Å². The molecule has 78 valence electrons. The van der Waals surface area contributed by atoms with Crippen LogP contribution < -0.4 is 0 Å². The lowest BCUT2D eigenvalue weighted by molar-refractivity contribution is 0.288. The van der Waals surface area contributed by atoms with Gasteiger partial charge in [0.2, 0.25) is 0 Å². The van der Waals surface area contributed by atoms with Crippen LogP contribution in [0.4, 0.5) is 0 Å². The first-order valence-corrected chi connectivity index (χ1v) is 4.84. The third-order valence-corrected chi connectivity index (χ3v) is 2.57. The van der Waals surface area contributed by atoms with Gasteiger partial charge in [0.05, 0.1) is 5.69 Å². The Labute approximate surface area is 84.4 Å². The van der Waals surface area contributed by atoms with Gasteiger partial charge >= 0.3 is 0 Å². The molecule has 1 heterocycles. The zero-order chi connectivity index (χ0) is 10.7. The number of aliphatic hydroxyl groups is 1. The molecule has 0 atom stereocenters. The van der Waals surface area contributed by atoms with Crippen LogP contribution in [0.5, 0.6) is 5.75 Å². The van der Waals surface area contributed by atoms with Crippen LogP contribution >= 0.6 is 0 Å². The first kappa shape index (κ1) is 11.0. The fourth-order valence-corrected chi connectivity index (χ4v) is 1.49. The second kappa shape index (κ2) is 4.42. The van der Waals surface area contributed by atoms with E-state index in [1.54, 1.807) is 6.92 Å². The van der Waals surface area contributed by atoms with E-state index >= 15 is 0 Å². The molecule has 0 unspecified atom stereocenters. The molecule has 1 rings (SSSR count). The molecule has 0 aliphatic carbocycles. The van der Waals surface area contributed by atoms with Crippen molar-refractivity contribution < 1.29 is 10.2 Å². The van der Waals surface area contributed by atoms with Crippen LogP contribution in [0.3, 0.4) is 0 Å². The molecule has 0 fully saturated rings. The van der Waals surface area contributed by atoms with Gasteiger partial charge in [-0.2, -0.15) is 0 Å². The summed E-state index contributed by atoms with van der Waals surface area (Å²) in [4.78, 5) is 4.31. The summed E-state index contributed by atoms with van der Waals surface area (Å²) in [5.41, 5.74) is 3.57. The molecule has 0 saturated carbocycles. The minimum Gasteiger partial charge on any atom is -0.506 e. The van der Waals surface area contributed by atoms with E-state index in [-0.39, 0.29) is 12.4 Å². The van der Waals surface area contributed by atoms with E-state index in [0.29, 0.717) is 5.69 Å². The number of hydrogen-bond donors (Lipinski definition) is 2. The highest BCUT2D eigenvalue weighted by molar-refractivity contribution is 5.42. The predicted octanol–water partition coefficient (Wildman–Crippen LogP) is 1.64. The summed E-state index contributed by atoms with van der Waals surface area (Å²) in [6.45, 7) is 5.82. The van der Waals surface area contributed by atoms with E-state index in [9.17, 15) is 5.11 Å². The maximum absolute atomic E-state index is 9.63. The van der Waals surface area contributed by atoms with Crippen LogP contribution in [0.2, 0.25) is 0 Å². The minimum absolute atomic E-state index is 0.181. The summed E-state index contributed by atoms with van der Waals surface area (Å²) < 4.78 is 0. The fourth-order valence-electron chi connectivity index (χ4n) is 1.49. The van der Waals surface area contributed by atoms with Crippen molar-refractivity contribution in [1.82, 2.24) is 4.98 Å². The number of hydrogen-bond acceptors (Lipinski definition) is 3. The van der Waals surface area contributed by atoms with E-state index in [1.807, 2.05) is 13.8 Å². The van der Waals surface area contributed by atoms with Crippen molar-refractivity contribution in [3.63, 3.8) is 0 Å². The van der Waals surface area contributed by atoms with Gasteiger partial charge in [-0.3, -0.25) is 4.98 Å². The molecule has 0 aliphatic rings. The zero-order valence-electron chi connectivity index (χ0n) is 8.96. The third-order valence-electron chi connectivity index (χ3n) is 2.57. The smallest absolute Gasteiger partial charge is 0.139 e. The number of aliphatic hydroxyl groups excluding tert-OH is 1. The lowest BCUT2D eigenvalue weighted by Gasteiger charge is -2.11. The molecule has 0 aliphatic heterocycles. The number of aromatic nitrogens is 1. The molecule has 0 amide bonds. The molecule has 0 saturated heterocycles. The van der Waals surface area contributed by atoms with Gasteiger partial charge < -0.3 is 10.2 Å². The van der Waals surface area contributed by atoms with Crippen LogP contribution in [0.1, 0.15) is 28.9 Å². The molecule has 1 aromatic heterocycles. The lowest BCUT2D eigenvalue weighted by atomic mass is 10.0. The molecule has 0 aromatic carbocycles. The summed E-state index contributed by atoms with van der Waals surface area (Å²) in [6.07, 6.45) is 1.49. The molecule has 2 N–H and O–H groups in total. The van der Waals surface area contributed by atoms with Gasteiger partial charge in [-0.15, -0.1) is 0 Å². The molecule has 14 heavy (non-hydrogen) atoms. The third kappa shape index (κ3) is 2.04. The minimum atomic E-state index is 0.181. The van der Waals surface area contributed by atoms with Crippen molar-refractivity contribution >= 4 is 0 Å². The highest BCUT2D eigenvalue weighted by Gasteiger charge is 2.09. The van der Waals surface area contributed by atoms with Gasteiger partial charge in [0.25, 0.3) is 0 Å². The maximum atomic E-state index is 9.63. The summed E-state index contributed by atoms with van der Waals surface area (Å²) in [6, 6.07) is 0. The van der Waals surface area contributed by atoms with Crippen molar-refractivity contribution in [3.8, 4) is 5.75 Å². The lowest BCUT2D eigenvalue weighted by Crippen LogP contribution is -2.01. The highest BCUT2D eigenvalue weighted by Crippen LogP contribution is 2.25. The molecule has 3 heteroatoms. The summed E-state index contributed by atoms with van der Waals surface area (Å²) in [5, 5.41) is 18.4. The van der Waals surface area contributed by atoms with Crippen molar-refractivity contribution in [2.45, 2.75) is 33.6 Å². The van der Waals surface area contributed by atoms with E-state index in [2.05, 4.69) is 4.98 Å². The van der Waals surface area contributed by atoms with Crippen LogP contribution in [-0.2, 0) is 6.42 Å². The Kier molecular flexibility index (Phi) is 3.47. The summed E-state index contributed by atoms with van der Waals surface area (Å²) in [7, 11) is 0. The van der Waals surface area contributed by atoms with Gasteiger partial charge in [0, 0.05) is 12.3 Å². The average molecular weight is 195 g/mol. The Morgan fingerprint density at radius 1 is 1.14 bits per heavy atom. The number of pyridine rings is 1. The highest BCUT2D eigenvalue weighted by atomic mass is 16.3. The normalized spacial score (nSPS) is 10.6. The van der Waals surface area contributed by atoms with Crippen molar-refractivity contribution in [1.29, 1.82) is 0 Å². The molecule has 0 radical (unpaired) electrons. The largest absolute Gasteiger partial charge is 0.506 e. The molecule has 3 nitrogen and oxygen atoms in total. The molecule has 1 aromatic rings. The standard InChI is InChI=1S/C11H17NO2/c1-7-8(2)11(14)9(3)12-10(7)5-4-6-13/h13-14H,4-6H2,1-3H3. The van der Waals surface area contributed by atoms with Gasteiger partial charge in [-0.25, -0.2) is 0 Å². The first-order valence-electron chi connectivity index (χ1n) is 4.84. The van der Waals surface area contributed by atoms with Gasteiger partial charge in [0.15, 0.2) is 0 Å². The van der Waals surface area contributed by atoms with E-state index in [0.717, 1.165) is 29.7 Å². The average Bonchev–Trinajstić information content (AvgIpc) is 2.18. The van der Waals surface area contributed by atoms with E-state index in [1.165, 1.54) is 0 Å². The van der Waals surface area contributed by atoms with Crippen LogP contribution in [0.25, 0.3) is 0 Å². The van der Waals surface area contributed by atoms with Gasteiger partial charge in [-0.1, -0.05) is 0 Å². The van der Waals surface area contributed by atoms with Crippen LogP contribution in [-0.4, -0.2) is 21.8 Å². The Hall–Kier alpha value is -1.09. The Morgan fingerprint density at radius 3 is 2.36 bits per heavy atom. The molecular formula is C11H17NO2. The second-order valence-corrected chi connectivity index (χ2v) is 3.57. The van der Waals surface area contributed by atoms with Crippen LogP contribution in [0, 0.1) is 20.8 Å². The number of rotatable bonds is 3. The Balaban J connectivity index is 3.06. The van der Waals surface area contributed by atoms with Crippen molar-refractivity contribution in [2.24, 2.45) is 0 Å². The molecular weight excluding hydrogens is 178 g/mol. The number of aromatic hydroxyl groups is 1. The maximum Gasteiger partial charge on any atom is 0.139 e. The van der Waals surface area contributed by atoms with Gasteiger partial charge in [0.1, 0.15) is 5.75 Å². The first-order chi connectivity index (χ1) is 6.57. The summed E-state index contributed by atoms with van der Waals surface area (Å²) in [5.74, 6) is 0.287. The second-order valence-electron chi connectivity index (χ2n) is 3.57. The monoisotopic (exact) mass is 195 g/mol. The predicted molar refractivity (Wildman–Crippen MR) is 55.5 cm³/mol. The summed E-state index contributed by atoms with van der Waals surface area (Å²) >= 11 is 0. The zero-order valence-corrected chi connectivity index (χ0v) is 8.96. The van der Waals surface area contributed by atoms with Crippen molar-refractivity contribution in [2.75, 3.05) is 6.61 Å². The molecule has 0 bridgehead atoms. The molecule has 0 spiro atoms.